The average Bonchev–Trinajstić information content (AvgIpc) is 3.07. The summed E-state index contributed by atoms with van der Waals surface area (Å²) in [6.45, 7) is 15.7. The summed E-state index contributed by atoms with van der Waals surface area (Å²) in [5.41, 5.74) is 4.55. The van der Waals surface area contributed by atoms with Crippen molar-refractivity contribution in [2.45, 2.75) is 80.5 Å². The Labute approximate surface area is 173 Å². The van der Waals surface area contributed by atoms with Crippen LogP contribution in [0.4, 0.5) is 0 Å². The van der Waals surface area contributed by atoms with E-state index in [0.29, 0.717) is 25.5 Å². The second kappa shape index (κ2) is 10.1. The second-order valence-corrected chi connectivity index (χ2v) is 9.05. The number of thiazole rings is 1. The standard InChI is InChI=1S/C23H34N2O2S/c1-8-18(6)25(23(26)9-15(2)3)12-20-14-28-22(24-20)13-27-21-11-16(4)10-17(5)19(21)7/h10-11,14-15,18H,8-9,12-13H2,1-7H3. The molecule has 1 unspecified atom stereocenters. The molecule has 0 N–H and O–H groups in total. The first-order valence-electron chi connectivity index (χ1n) is 10.1. The van der Waals surface area contributed by atoms with Gasteiger partial charge in [-0.25, -0.2) is 4.98 Å². The molecule has 154 valence electrons. The van der Waals surface area contributed by atoms with E-state index in [1.165, 1.54) is 16.7 Å². The first kappa shape index (κ1) is 22.4. The highest BCUT2D eigenvalue weighted by Crippen LogP contribution is 2.25. The lowest BCUT2D eigenvalue weighted by Crippen LogP contribution is -2.38. The number of ether oxygens (including phenoxy) is 1. The molecule has 0 aliphatic carbocycles. The van der Waals surface area contributed by atoms with Crippen molar-refractivity contribution in [1.82, 2.24) is 9.88 Å². The number of carbonyl (C=O) groups excluding carboxylic acids is 1. The topological polar surface area (TPSA) is 42.4 Å². The van der Waals surface area contributed by atoms with E-state index in [1.54, 1.807) is 11.3 Å². The van der Waals surface area contributed by atoms with E-state index in [-0.39, 0.29) is 11.9 Å². The van der Waals surface area contributed by atoms with Crippen molar-refractivity contribution >= 4 is 17.2 Å². The number of benzene rings is 1. The van der Waals surface area contributed by atoms with Crippen molar-refractivity contribution in [3.63, 3.8) is 0 Å². The Morgan fingerprint density at radius 2 is 1.93 bits per heavy atom. The summed E-state index contributed by atoms with van der Waals surface area (Å²) in [5, 5.41) is 2.99. The Balaban J connectivity index is 2.05. The Morgan fingerprint density at radius 1 is 1.21 bits per heavy atom. The van der Waals surface area contributed by atoms with Crippen LogP contribution in [0.2, 0.25) is 0 Å². The number of carbonyl (C=O) groups is 1. The molecule has 0 saturated carbocycles. The number of aromatic nitrogens is 1. The molecule has 0 saturated heterocycles. The maximum Gasteiger partial charge on any atom is 0.223 e. The zero-order chi connectivity index (χ0) is 20.8. The number of rotatable bonds is 9. The summed E-state index contributed by atoms with van der Waals surface area (Å²) in [6, 6.07) is 4.46. The van der Waals surface area contributed by atoms with Crippen molar-refractivity contribution in [2.24, 2.45) is 5.92 Å². The molecule has 1 heterocycles. The molecule has 1 atom stereocenters. The predicted molar refractivity (Wildman–Crippen MR) is 117 cm³/mol. The second-order valence-electron chi connectivity index (χ2n) is 8.10. The third kappa shape index (κ3) is 6.06. The van der Waals surface area contributed by atoms with Gasteiger partial charge in [0.05, 0.1) is 12.2 Å². The van der Waals surface area contributed by atoms with Gasteiger partial charge in [0.15, 0.2) is 0 Å². The van der Waals surface area contributed by atoms with Gasteiger partial charge in [-0.1, -0.05) is 26.8 Å². The van der Waals surface area contributed by atoms with Crippen molar-refractivity contribution in [1.29, 1.82) is 0 Å². The van der Waals surface area contributed by atoms with Crippen LogP contribution in [0, 0.1) is 26.7 Å². The van der Waals surface area contributed by atoms with E-state index >= 15 is 0 Å². The highest BCUT2D eigenvalue weighted by Gasteiger charge is 2.21. The predicted octanol–water partition coefficient (Wildman–Crippen LogP) is 5.82. The average molecular weight is 403 g/mol. The summed E-state index contributed by atoms with van der Waals surface area (Å²) in [6.07, 6.45) is 1.52. The fraction of sp³-hybridized carbons (Fsp3) is 0.565. The zero-order valence-electron chi connectivity index (χ0n) is 18.3. The van der Waals surface area contributed by atoms with Gasteiger partial charge < -0.3 is 9.64 Å². The highest BCUT2D eigenvalue weighted by molar-refractivity contribution is 7.09. The number of hydrogen-bond donors (Lipinski definition) is 0. The summed E-state index contributed by atoms with van der Waals surface area (Å²) < 4.78 is 6.04. The normalized spacial score (nSPS) is 12.3. The van der Waals surface area contributed by atoms with E-state index in [0.717, 1.165) is 22.9 Å². The first-order valence-corrected chi connectivity index (χ1v) is 11.0. The van der Waals surface area contributed by atoms with Crippen LogP contribution in [-0.2, 0) is 17.9 Å². The molecule has 28 heavy (non-hydrogen) atoms. The largest absolute Gasteiger partial charge is 0.486 e. The molecule has 0 aliphatic heterocycles. The lowest BCUT2D eigenvalue weighted by atomic mass is 10.1. The van der Waals surface area contributed by atoms with Crippen LogP contribution in [-0.4, -0.2) is 21.8 Å². The number of hydrogen-bond acceptors (Lipinski definition) is 4. The van der Waals surface area contributed by atoms with E-state index < -0.39 is 0 Å². The van der Waals surface area contributed by atoms with Crippen LogP contribution >= 0.6 is 11.3 Å². The molecule has 5 heteroatoms. The molecule has 0 radical (unpaired) electrons. The summed E-state index contributed by atoms with van der Waals surface area (Å²) in [7, 11) is 0. The van der Waals surface area contributed by atoms with Gasteiger partial charge in [0, 0.05) is 17.8 Å². The molecule has 1 aromatic carbocycles. The lowest BCUT2D eigenvalue weighted by molar-refractivity contribution is -0.134. The van der Waals surface area contributed by atoms with Crippen LogP contribution < -0.4 is 4.74 Å². The Kier molecular flexibility index (Phi) is 8.05. The monoisotopic (exact) mass is 402 g/mol. The number of amides is 1. The summed E-state index contributed by atoms with van der Waals surface area (Å²) in [4.78, 5) is 19.3. The molecule has 2 aromatic rings. The first-order chi connectivity index (χ1) is 13.2. The van der Waals surface area contributed by atoms with Gasteiger partial charge in [0.25, 0.3) is 0 Å². The molecular formula is C23H34N2O2S. The number of aryl methyl sites for hydroxylation is 2. The van der Waals surface area contributed by atoms with E-state index in [4.69, 9.17) is 9.72 Å². The van der Waals surface area contributed by atoms with Crippen LogP contribution in [0.15, 0.2) is 17.5 Å². The van der Waals surface area contributed by atoms with Crippen molar-refractivity contribution in [3.05, 3.63) is 44.9 Å². The fourth-order valence-electron chi connectivity index (χ4n) is 3.13. The van der Waals surface area contributed by atoms with Gasteiger partial charge in [-0.15, -0.1) is 11.3 Å². The third-order valence-corrected chi connectivity index (χ3v) is 5.94. The van der Waals surface area contributed by atoms with Crippen LogP contribution in [0.5, 0.6) is 5.75 Å². The third-order valence-electron chi connectivity index (χ3n) is 5.07. The van der Waals surface area contributed by atoms with Gasteiger partial charge in [-0.2, -0.15) is 0 Å². The minimum absolute atomic E-state index is 0.209. The smallest absolute Gasteiger partial charge is 0.223 e. The van der Waals surface area contributed by atoms with Crippen LogP contribution in [0.3, 0.4) is 0 Å². The maximum absolute atomic E-state index is 12.7. The molecule has 0 aliphatic rings. The number of nitrogens with zero attached hydrogens (tertiary/aromatic N) is 2. The van der Waals surface area contributed by atoms with Crippen LogP contribution in [0.25, 0.3) is 0 Å². The molecule has 4 nitrogen and oxygen atoms in total. The maximum atomic E-state index is 12.7. The van der Waals surface area contributed by atoms with E-state index in [2.05, 4.69) is 60.6 Å². The molecular weight excluding hydrogens is 368 g/mol. The van der Waals surface area contributed by atoms with Gasteiger partial charge in [-0.05, 0) is 62.8 Å². The van der Waals surface area contributed by atoms with Gasteiger partial charge in [0.1, 0.15) is 17.4 Å². The minimum atomic E-state index is 0.209. The van der Waals surface area contributed by atoms with Crippen molar-refractivity contribution in [2.75, 3.05) is 0 Å². The van der Waals surface area contributed by atoms with Gasteiger partial charge >= 0.3 is 0 Å². The molecule has 2 rings (SSSR count). The van der Waals surface area contributed by atoms with E-state index in [1.807, 2.05) is 10.3 Å². The van der Waals surface area contributed by atoms with Crippen LogP contribution in [0.1, 0.15) is 67.9 Å². The highest BCUT2D eigenvalue weighted by atomic mass is 32.1. The van der Waals surface area contributed by atoms with E-state index in [9.17, 15) is 4.79 Å². The summed E-state index contributed by atoms with van der Waals surface area (Å²) in [5.74, 6) is 1.49. The van der Waals surface area contributed by atoms with Crippen molar-refractivity contribution < 1.29 is 9.53 Å². The zero-order valence-corrected chi connectivity index (χ0v) is 19.2. The quantitative estimate of drug-likeness (QED) is 0.531. The van der Waals surface area contributed by atoms with Gasteiger partial charge in [0.2, 0.25) is 5.91 Å². The Bertz CT molecular complexity index is 798. The molecule has 1 amide bonds. The molecule has 0 fully saturated rings. The van der Waals surface area contributed by atoms with Crippen molar-refractivity contribution in [3.8, 4) is 5.75 Å². The Morgan fingerprint density at radius 3 is 2.57 bits per heavy atom. The van der Waals surface area contributed by atoms with Gasteiger partial charge in [-0.3, -0.25) is 4.79 Å². The lowest BCUT2D eigenvalue weighted by Gasteiger charge is -2.28. The summed E-state index contributed by atoms with van der Waals surface area (Å²) >= 11 is 1.60. The molecule has 0 spiro atoms. The SMILES string of the molecule is CCC(C)N(Cc1csc(COc2cc(C)cc(C)c2C)n1)C(=O)CC(C)C. The molecule has 0 bridgehead atoms. The minimum Gasteiger partial charge on any atom is -0.486 e. The molecule has 1 aromatic heterocycles. The Hall–Kier alpha value is -1.88. The fourth-order valence-corrected chi connectivity index (χ4v) is 3.83.